The molecule has 118 valence electrons. The summed E-state index contributed by atoms with van der Waals surface area (Å²) in [6.07, 6.45) is 4.22. The van der Waals surface area contributed by atoms with Crippen LogP contribution in [0.4, 0.5) is 5.82 Å². The molecule has 2 heterocycles. The molecule has 0 saturated carbocycles. The minimum atomic E-state index is 0.271. The summed E-state index contributed by atoms with van der Waals surface area (Å²) < 4.78 is 5.44. The normalized spacial score (nSPS) is 12.1. The van der Waals surface area contributed by atoms with Gasteiger partial charge in [-0.15, -0.1) is 0 Å². The van der Waals surface area contributed by atoms with Crippen LogP contribution in [0.1, 0.15) is 12.5 Å². The van der Waals surface area contributed by atoms with E-state index in [4.69, 9.17) is 4.74 Å². The highest BCUT2D eigenvalue weighted by Crippen LogP contribution is 2.22. The van der Waals surface area contributed by atoms with Gasteiger partial charge in [0.2, 0.25) is 0 Å². The van der Waals surface area contributed by atoms with Gasteiger partial charge in [0.15, 0.2) is 5.65 Å². The third-order valence-corrected chi connectivity index (χ3v) is 4.05. The van der Waals surface area contributed by atoms with E-state index >= 15 is 0 Å². The zero-order valence-corrected chi connectivity index (χ0v) is 13.6. The lowest BCUT2D eigenvalue weighted by Gasteiger charge is -2.26. The molecule has 23 heavy (non-hydrogen) atoms. The third kappa shape index (κ3) is 3.23. The first-order valence-electron chi connectivity index (χ1n) is 7.61. The maximum absolute atomic E-state index is 5.44. The van der Waals surface area contributed by atoms with Crippen molar-refractivity contribution in [2.75, 3.05) is 19.1 Å². The molecule has 0 N–H and O–H groups in total. The number of fused-ring (bicyclic) bond motifs is 1. The molecule has 1 atom stereocenters. The summed E-state index contributed by atoms with van der Waals surface area (Å²) in [6.45, 7) is 2.18. The molecule has 0 aliphatic carbocycles. The van der Waals surface area contributed by atoms with Gasteiger partial charge in [0.05, 0.1) is 7.11 Å². The Hall–Kier alpha value is -2.69. The van der Waals surface area contributed by atoms with Gasteiger partial charge >= 0.3 is 0 Å². The Balaban J connectivity index is 1.81. The van der Waals surface area contributed by atoms with Crippen molar-refractivity contribution in [2.24, 2.45) is 0 Å². The molecule has 0 bridgehead atoms. The Labute approximate surface area is 136 Å². The minimum Gasteiger partial charge on any atom is -0.496 e. The van der Waals surface area contributed by atoms with Crippen molar-refractivity contribution < 1.29 is 4.74 Å². The van der Waals surface area contributed by atoms with E-state index < -0.39 is 0 Å². The second kappa shape index (κ2) is 6.60. The van der Waals surface area contributed by atoms with Crippen LogP contribution in [0, 0.1) is 0 Å². The summed E-state index contributed by atoms with van der Waals surface area (Å²) in [7, 11) is 3.75. The Morgan fingerprint density at radius 3 is 2.70 bits per heavy atom. The molecular weight excluding hydrogens is 288 g/mol. The number of benzene rings is 1. The quantitative estimate of drug-likeness (QED) is 0.725. The van der Waals surface area contributed by atoms with Crippen LogP contribution in [0.3, 0.4) is 0 Å². The smallest absolute Gasteiger partial charge is 0.180 e. The number of anilines is 1. The topological polar surface area (TPSA) is 51.1 Å². The highest BCUT2D eigenvalue weighted by molar-refractivity contribution is 5.71. The lowest BCUT2D eigenvalue weighted by molar-refractivity contribution is 0.408. The Kier molecular flexibility index (Phi) is 4.37. The highest BCUT2D eigenvalue weighted by atomic mass is 16.5. The van der Waals surface area contributed by atoms with Gasteiger partial charge < -0.3 is 9.64 Å². The monoisotopic (exact) mass is 308 g/mol. The summed E-state index contributed by atoms with van der Waals surface area (Å²) in [6, 6.07) is 12.3. The van der Waals surface area contributed by atoms with Crippen LogP contribution in [0.15, 0.2) is 48.8 Å². The lowest BCUT2D eigenvalue weighted by Crippen LogP contribution is -2.31. The molecule has 3 aromatic rings. The second-order valence-electron chi connectivity index (χ2n) is 5.54. The first-order chi connectivity index (χ1) is 11.2. The summed E-state index contributed by atoms with van der Waals surface area (Å²) in [5.41, 5.74) is 2.67. The number of nitrogens with zero attached hydrogens (tertiary/aromatic N) is 4. The van der Waals surface area contributed by atoms with E-state index in [-0.39, 0.29) is 6.04 Å². The number of hydrogen-bond acceptors (Lipinski definition) is 5. The fourth-order valence-electron chi connectivity index (χ4n) is 2.59. The first kappa shape index (κ1) is 15.2. The number of para-hydroxylation sites is 1. The molecule has 2 aromatic heterocycles. The van der Waals surface area contributed by atoms with Crippen molar-refractivity contribution in [3.05, 3.63) is 54.4 Å². The van der Waals surface area contributed by atoms with Gasteiger partial charge in [0, 0.05) is 25.5 Å². The van der Waals surface area contributed by atoms with Crippen molar-refractivity contribution in [3.63, 3.8) is 0 Å². The van der Waals surface area contributed by atoms with E-state index in [2.05, 4.69) is 32.8 Å². The highest BCUT2D eigenvalue weighted by Gasteiger charge is 2.15. The SMILES string of the molecule is COc1ccccc1CC(C)N(C)c1ccc2nccnc2n1. The summed E-state index contributed by atoms with van der Waals surface area (Å²) in [4.78, 5) is 15.3. The van der Waals surface area contributed by atoms with E-state index in [0.29, 0.717) is 5.65 Å². The van der Waals surface area contributed by atoms with Crippen molar-refractivity contribution in [3.8, 4) is 5.75 Å². The summed E-state index contributed by atoms with van der Waals surface area (Å²) in [5.74, 6) is 1.81. The van der Waals surface area contributed by atoms with Crippen LogP contribution in [-0.4, -0.2) is 35.2 Å². The van der Waals surface area contributed by atoms with Gasteiger partial charge in [-0.3, -0.25) is 4.98 Å². The number of aromatic nitrogens is 3. The first-order valence-corrected chi connectivity index (χ1v) is 7.61. The Morgan fingerprint density at radius 1 is 1.09 bits per heavy atom. The van der Waals surface area contributed by atoms with Gasteiger partial charge in [0.1, 0.15) is 17.1 Å². The molecule has 1 unspecified atom stereocenters. The Morgan fingerprint density at radius 2 is 1.87 bits per heavy atom. The molecule has 0 spiro atoms. The molecule has 0 fully saturated rings. The van der Waals surface area contributed by atoms with Crippen molar-refractivity contribution >= 4 is 17.0 Å². The van der Waals surface area contributed by atoms with E-state index in [1.165, 1.54) is 5.56 Å². The zero-order chi connectivity index (χ0) is 16.2. The van der Waals surface area contributed by atoms with Crippen molar-refractivity contribution in [2.45, 2.75) is 19.4 Å². The zero-order valence-electron chi connectivity index (χ0n) is 13.6. The minimum absolute atomic E-state index is 0.271. The molecule has 0 amide bonds. The van der Waals surface area contributed by atoms with Crippen LogP contribution in [0.2, 0.25) is 0 Å². The number of ether oxygens (including phenoxy) is 1. The van der Waals surface area contributed by atoms with Gasteiger partial charge in [-0.2, -0.15) is 0 Å². The maximum atomic E-state index is 5.44. The summed E-state index contributed by atoms with van der Waals surface area (Å²) >= 11 is 0. The van der Waals surface area contributed by atoms with Crippen LogP contribution in [-0.2, 0) is 6.42 Å². The third-order valence-electron chi connectivity index (χ3n) is 4.05. The molecule has 5 heteroatoms. The molecule has 0 aliphatic heterocycles. The van der Waals surface area contributed by atoms with Crippen LogP contribution >= 0.6 is 0 Å². The number of pyridine rings is 1. The maximum Gasteiger partial charge on any atom is 0.180 e. The van der Waals surface area contributed by atoms with E-state index in [1.807, 2.05) is 37.4 Å². The molecule has 0 radical (unpaired) electrons. The number of likely N-dealkylation sites (N-methyl/N-ethyl adjacent to an activating group) is 1. The van der Waals surface area contributed by atoms with Crippen molar-refractivity contribution in [1.29, 1.82) is 0 Å². The Bertz CT molecular complexity index is 806. The molecule has 3 rings (SSSR count). The number of hydrogen-bond donors (Lipinski definition) is 0. The van der Waals surface area contributed by atoms with Gasteiger partial charge in [-0.05, 0) is 37.1 Å². The van der Waals surface area contributed by atoms with E-state index in [1.54, 1.807) is 19.5 Å². The van der Waals surface area contributed by atoms with E-state index in [0.717, 1.165) is 23.5 Å². The lowest BCUT2D eigenvalue weighted by atomic mass is 10.1. The molecular formula is C18H20N4O. The van der Waals surface area contributed by atoms with Crippen LogP contribution < -0.4 is 9.64 Å². The van der Waals surface area contributed by atoms with Crippen molar-refractivity contribution in [1.82, 2.24) is 15.0 Å². The van der Waals surface area contributed by atoms with Gasteiger partial charge in [-0.1, -0.05) is 18.2 Å². The molecule has 0 saturated heterocycles. The second-order valence-corrected chi connectivity index (χ2v) is 5.54. The molecule has 1 aromatic carbocycles. The van der Waals surface area contributed by atoms with Crippen LogP contribution in [0.5, 0.6) is 5.75 Å². The van der Waals surface area contributed by atoms with E-state index in [9.17, 15) is 0 Å². The number of methoxy groups -OCH3 is 1. The fraction of sp³-hybridized carbons (Fsp3) is 0.278. The molecule has 0 aliphatic rings. The van der Waals surface area contributed by atoms with Gasteiger partial charge in [0.25, 0.3) is 0 Å². The largest absolute Gasteiger partial charge is 0.496 e. The average molecular weight is 308 g/mol. The summed E-state index contributed by atoms with van der Waals surface area (Å²) in [5, 5.41) is 0. The fourth-order valence-corrected chi connectivity index (χ4v) is 2.59. The average Bonchev–Trinajstić information content (AvgIpc) is 2.61. The predicted octanol–water partition coefficient (Wildman–Crippen LogP) is 3.10. The number of rotatable bonds is 5. The van der Waals surface area contributed by atoms with Gasteiger partial charge in [-0.25, -0.2) is 9.97 Å². The predicted molar refractivity (Wildman–Crippen MR) is 91.9 cm³/mol. The van der Waals surface area contributed by atoms with Crippen LogP contribution in [0.25, 0.3) is 11.2 Å². The standard InChI is InChI=1S/C18H20N4O/c1-13(12-14-6-4-5-7-16(14)23-3)22(2)17-9-8-15-18(21-17)20-11-10-19-15/h4-11,13H,12H2,1-3H3. The molecule has 5 nitrogen and oxygen atoms in total.